The molecule has 0 amide bonds. The van der Waals surface area contributed by atoms with E-state index in [4.69, 9.17) is 9.72 Å². The quantitative estimate of drug-likeness (QED) is 0.684. The first-order valence-corrected chi connectivity index (χ1v) is 8.55. The minimum Gasteiger partial charge on any atom is -0.378 e. The average molecular weight is 334 g/mol. The summed E-state index contributed by atoms with van der Waals surface area (Å²) in [5.41, 5.74) is 2.18. The molecule has 0 N–H and O–H groups in total. The summed E-state index contributed by atoms with van der Waals surface area (Å²) in [6, 6.07) is 6.28. The summed E-state index contributed by atoms with van der Waals surface area (Å²) in [7, 11) is 2.06. The number of fused-ring (bicyclic) bond motifs is 3. The fourth-order valence-corrected chi connectivity index (χ4v) is 2.87. The van der Waals surface area contributed by atoms with Gasteiger partial charge in [0.2, 0.25) is 0 Å². The Morgan fingerprint density at radius 1 is 1.17 bits per heavy atom. The minimum atomic E-state index is 0.250. The summed E-state index contributed by atoms with van der Waals surface area (Å²) < 4.78 is 17.7. The molecule has 4 heterocycles. The zero-order valence-electron chi connectivity index (χ0n) is 13.2. The monoisotopic (exact) mass is 334 g/mol. The topological polar surface area (TPSA) is 43.2 Å². The maximum absolute atomic E-state index is 10.2. The van der Waals surface area contributed by atoms with Gasteiger partial charge >= 0.3 is 0 Å². The van der Waals surface area contributed by atoms with Crippen LogP contribution in [-0.4, -0.2) is 47.1 Å². The summed E-state index contributed by atoms with van der Waals surface area (Å²) in [5.74, 6) is 1.03. The van der Waals surface area contributed by atoms with Crippen LogP contribution in [0.15, 0.2) is 30.6 Å². The van der Waals surface area contributed by atoms with Gasteiger partial charge in [-0.1, -0.05) is 0 Å². The Morgan fingerprint density at radius 2 is 1.91 bits per heavy atom. The number of hydrogen-bond donors (Lipinski definition) is 0. The lowest BCUT2D eigenvalue weighted by Crippen LogP contribution is -2.36. The fourth-order valence-electron chi connectivity index (χ4n) is 2.87. The Balaban J connectivity index is 0.000000485. The third-order valence-electron chi connectivity index (χ3n) is 3.96. The van der Waals surface area contributed by atoms with Crippen molar-refractivity contribution in [2.24, 2.45) is 7.05 Å². The molecule has 3 aromatic heterocycles. The van der Waals surface area contributed by atoms with E-state index in [2.05, 4.69) is 33.6 Å². The van der Waals surface area contributed by atoms with Crippen molar-refractivity contribution in [2.75, 3.05) is 37.5 Å². The molecule has 0 atom stereocenters. The van der Waals surface area contributed by atoms with Crippen LogP contribution in [0.2, 0.25) is 0 Å². The first kappa shape index (κ1) is 16.0. The second kappa shape index (κ2) is 7.14. The van der Waals surface area contributed by atoms with Gasteiger partial charge in [0, 0.05) is 61.7 Å². The molecule has 1 saturated heterocycles. The molecule has 0 unspecified atom stereocenters. The van der Waals surface area contributed by atoms with Crippen molar-refractivity contribution in [3.8, 4) is 0 Å². The predicted octanol–water partition coefficient (Wildman–Crippen LogP) is 3.19. The van der Waals surface area contributed by atoms with Gasteiger partial charge in [0.05, 0.1) is 18.7 Å². The number of aryl methyl sites for hydroxylation is 1. The van der Waals surface area contributed by atoms with Crippen molar-refractivity contribution in [3.05, 3.63) is 30.6 Å². The van der Waals surface area contributed by atoms with E-state index in [0.29, 0.717) is 0 Å². The predicted molar refractivity (Wildman–Crippen MR) is 93.7 cm³/mol. The summed E-state index contributed by atoms with van der Waals surface area (Å²) in [6.07, 6.45) is 5.11. The molecule has 0 bridgehead atoms. The normalized spacial score (nSPS) is 14.8. The van der Waals surface area contributed by atoms with Gasteiger partial charge in [0.1, 0.15) is 11.5 Å². The summed E-state index contributed by atoms with van der Waals surface area (Å²) in [4.78, 5) is 11.3. The molecule has 4 rings (SSSR count). The van der Waals surface area contributed by atoms with Gasteiger partial charge in [-0.15, -0.1) is 0 Å². The van der Waals surface area contributed by atoms with E-state index in [1.54, 1.807) is 0 Å². The Bertz CT molecular complexity index is 801. The van der Waals surface area contributed by atoms with E-state index in [0.717, 1.165) is 48.5 Å². The lowest BCUT2D eigenvalue weighted by molar-refractivity contribution is 0.122. The first-order chi connectivity index (χ1) is 11.3. The Labute approximate surface area is 138 Å². The molecule has 23 heavy (non-hydrogen) atoms. The largest absolute Gasteiger partial charge is 0.378 e. The van der Waals surface area contributed by atoms with E-state index in [1.807, 2.05) is 18.5 Å². The lowest BCUT2D eigenvalue weighted by atomic mass is 10.2. The van der Waals surface area contributed by atoms with Crippen LogP contribution in [0, 0.1) is 0 Å². The van der Waals surface area contributed by atoms with Crippen molar-refractivity contribution in [1.82, 2.24) is 14.5 Å². The third kappa shape index (κ3) is 3.11. The molecule has 0 spiro atoms. The minimum absolute atomic E-state index is 0.250. The van der Waals surface area contributed by atoms with E-state index in [1.165, 1.54) is 11.8 Å². The van der Waals surface area contributed by atoms with Crippen LogP contribution in [0.5, 0.6) is 0 Å². The van der Waals surface area contributed by atoms with Crippen LogP contribution in [-0.2, 0) is 11.8 Å². The number of morpholine rings is 1. The number of nitrogens with zero attached hydrogens (tertiary/aromatic N) is 4. The van der Waals surface area contributed by atoms with E-state index in [9.17, 15) is 3.89 Å². The molecular weight excluding hydrogens is 315 g/mol. The standard InChI is InChI=1S/C15H16N4O.CH3FS/c1-18-13-4-5-16-10-12(13)11-2-3-14(17-15(11)18)19-6-8-20-9-7-19;1-3-2/h2-5,10H,6-9H2,1H3;1H3. The highest BCUT2D eigenvalue weighted by molar-refractivity contribution is 7.93. The van der Waals surface area contributed by atoms with Crippen molar-refractivity contribution in [2.45, 2.75) is 0 Å². The molecule has 0 aliphatic carbocycles. The summed E-state index contributed by atoms with van der Waals surface area (Å²) in [6.45, 7) is 3.37. The van der Waals surface area contributed by atoms with Crippen molar-refractivity contribution >= 4 is 39.9 Å². The number of rotatable bonds is 1. The van der Waals surface area contributed by atoms with Crippen LogP contribution in [0.3, 0.4) is 0 Å². The number of halogens is 1. The van der Waals surface area contributed by atoms with Crippen LogP contribution < -0.4 is 4.90 Å². The molecule has 122 valence electrons. The molecule has 3 aromatic rings. The number of hydrogen-bond acceptors (Lipinski definition) is 5. The number of pyridine rings is 2. The fraction of sp³-hybridized carbons (Fsp3) is 0.375. The van der Waals surface area contributed by atoms with Crippen LogP contribution >= 0.6 is 12.1 Å². The van der Waals surface area contributed by atoms with Gasteiger partial charge in [0.25, 0.3) is 0 Å². The third-order valence-corrected chi connectivity index (χ3v) is 3.96. The molecule has 7 heteroatoms. The van der Waals surface area contributed by atoms with Gasteiger partial charge in [-0.2, -0.15) is 3.89 Å². The average Bonchev–Trinajstić information content (AvgIpc) is 2.89. The summed E-state index contributed by atoms with van der Waals surface area (Å²) in [5, 5.41) is 2.32. The zero-order valence-corrected chi connectivity index (χ0v) is 14.0. The van der Waals surface area contributed by atoms with E-state index < -0.39 is 0 Å². The number of ether oxygens (including phenoxy) is 1. The van der Waals surface area contributed by atoms with Crippen molar-refractivity contribution in [1.29, 1.82) is 0 Å². The highest BCUT2D eigenvalue weighted by atomic mass is 32.2. The molecular formula is C16H19FN4OS. The lowest BCUT2D eigenvalue weighted by Gasteiger charge is -2.27. The molecule has 1 aliphatic rings. The maximum atomic E-state index is 10.2. The second-order valence-electron chi connectivity index (χ2n) is 5.25. The van der Waals surface area contributed by atoms with Crippen molar-refractivity contribution in [3.63, 3.8) is 0 Å². The van der Waals surface area contributed by atoms with Crippen LogP contribution in [0.4, 0.5) is 9.70 Å². The van der Waals surface area contributed by atoms with Gasteiger partial charge in [-0.05, 0) is 18.2 Å². The van der Waals surface area contributed by atoms with Gasteiger partial charge in [-0.3, -0.25) is 4.98 Å². The van der Waals surface area contributed by atoms with Crippen LogP contribution in [0.1, 0.15) is 0 Å². The molecule has 0 radical (unpaired) electrons. The SMILES string of the molecule is CSF.Cn1c2ccncc2c2ccc(N3CCOCC3)nc21. The second-order valence-corrected chi connectivity index (χ2v) is 5.55. The molecule has 1 fully saturated rings. The molecule has 5 nitrogen and oxygen atoms in total. The maximum Gasteiger partial charge on any atom is 0.143 e. The van der Waals surface area contributed by atoms with Gasteiger partial charge in [-0.25, -0.2) is 4.98 Å². The van der Waals surface area contributed by atoms with Gasteiger partial charge < -0.3 is 14.2 Å². The Hall–Kier alpha value is -1.86. The number of aromatic nitrogens is 3. The Kier molecular flexibility index (Phi) is 4.97. The highest BCUT2D eigenvalue weighted by Crippen LogP contribution is 2.28. The first-order valence-electron chi connectivity index (χ1n) is 7.43. The smallest absolute Gasteiger partial charge is 0.143 e. The van der Waals surface area contributed by atoms with Crippen LogP contribution in [0.25, 0.3) is 21.9 Å². The van der Waals surface area contributed by atoms with E-state index >= 15 is 0 Å². The van der Waals surface area contributed by atoms with E-state index in [-0.39, 0.29) is 12.1 Å². The highest BCUT2D eigenvalue weighted by Gasteiger charge is 2.15. The number of anilines is 1. The van der Waals surface area contributed by atoms with Gasteiger partial charge in [0.15, 0.2) is 0 Å². The molecule has 0 saturated carbocycles. The molecule has 0 aromatic carbocycles. The Morgan fingerprint density at radius 3 is 2.65 bits per heavy atom. The van der Waals surface area contributed by atoms with Crippen molar-refractivity contribution < 1.29 is 8.62 Å². The molecule has 1 aliphatic heterocycles. The summed E-state index contributed by atoms with van der Waals surface area (Å²) >= 11 is 0.250. The zero-order chi connectivity index (χ0) is 16.2.